The van der Waals surface area contributed by atoms with Gasteiger partial charge >= 0.3 is 23.9 Å². The number of benzene rings is 2. The largest absolute Gasteiger partial charge is 0.478 e. The van der Waals surface area contributed by atoms with Crippen molar-refractivity contribution >= 4 is 43.9 Å². The van der Waals surface area contributed by atoms with Crippen LogP contribution < -0.4 is 0 Å². The predicted molar refractivity (Wildman–Crippen MR) is 168 cm³/mol. The molecule has 0 aromatic heterocycles. The number of esters is 2. The summed E-state index contributed by atoms with van der Waals surface area (Å²) < 4.78 is 21.5. The highest BCUT2D eigenvalue weighted by Crippen LogP contribution is 2.34. The smallest absolute Gasteiger partial charge is 0.339 e. The van der Waals surface area contributed by atoms with Crippen LogP contribution in [-0.4, -0.2) is 123 Å². The van der Waals surface area contributed by atoms with Crippen LogP contribution in [0.25, 0.3) is 11.1 Å². The molecule has 0 fully saturated rings. The maximum atomic E-state index is 12.8. The van der Waals surface area contributed by atoms with Crippen LogP contribution >= 0.6 is 20.1 Å². The highest BCUT2D eigenvalue weighted by molar-refractivity contribution is 8.32. The standard InChI is InChI=1S/C30H42O10S2/c1-41(2,3)17-15-37-11-13-39-29(35)24-10-8-21(19-25(24)28(33)34)22-7-9-23(27(31)32)26(20-22)30(36)40-14-12-38-16-18-42(4,5)6/h7-10,19-20H,11-18H2,1-6H3,(H,31,32)(H,33,34). The van der Waals surface area contributed by atoms with Gasteiger partial charge in [0.1, 0.15) is 13.2 Å². The Kier molecular flexibility index (Phi) is 13.4. The molecular formula is C30H42O10S2. The van der Waals surface area contributed by atoms with Crippen LogP contribution in [0.15, 0.2) is 36.4 Å². The number of rotatable bonds is 17. The van der Waals surface area contributed by atoms with Crippen molar-refractivity contribution in [3.05, 3.63) is 58.7 Å². The van der Waals surface area contributed by atoms with Gasteiger partial charge < -0.3 is 29.2 Å². The van der Waals surface area contributed by atoms with E-state index in [4.69, 9.17) is 18.9 Å². The first-order valence-electron chi connectivity index (χ1n) is 13.2. The Morgan fingerprint density at radius 2 is 0.952 bits per heavy atom. The maximum absolute atomic E-state index is 12.8. The number of aromatic carboxylic acids is 2. The number of carboxylic acid groups (broad SMARTS) is 2. The number of hydrogen-bond acceptors (Lipinski definition) is 8. The van der Waals surface area contributed by atoms with E-state index in [1.807, 2.05) is 0 Å². The lowest BCUT2D eigenvalue weighted by atomic mass is 9.96. The molecule has 0 unspecified atom stereocenters. The molecule has 0 bridgehead atoms. The van der Waals surface area contributed by atoms with Crippen molar-refractivity contribution in [2.45, 2.75) is 0 Å². The summed E-state index contributed by atoms with van der Waals surface area (Å²) in [5.74, 6) is -2.47. The highest BCUT2D eigenvalue weighted by atomic mass is 32.3. The molecule has 0 aliphatic heterocycles. The summed E-state index contributed by atoms with van der Waals surface area (Å²) in [4.78, 5) is 49.2. The molecule has 0 aliphatic carbocycles. The average molecular weight is 627 g/mol. The van der Waals surface area contributed by atoms with Crippen LogP contribution in [0.1, 0.15) is 41.4 Å². The molecule has 10 nitrogen and oxygen atoms in total. The fraction of sp³-hybridized carbons (Fsp3) is 0.467. The molecule has 0 heterocycles. The third-order valence-corrected chi connectivity index (χ3v) is 8.66. The van der Waals surface area contributed by atoms with Crippen molar-refractivity contribution in [1.82, 2.24) is 0 Å². The van der Waals surface area contributed by atoms with Gasteiger partial charge in [0.15, 0.2) is 0 Å². The molecule has 2 rings (SSSR count). The minimum absolute atomic E-state index is 0.0239. The topological polar surface area (TPSA) is 146 Å². The van der Waals surface area contributed by atoms with E-state index in [9.17, 15) is 29.4 Å². The number of ether oxygens (including phenoxy) is 4. The second-order valence-electron chi connectivity index (χ2n) is 11.2. The second-order valence-corrected chi connectivity index (χ2v) is 20.4. The molecule has 42 heavy (non-hydrogen) atoms. The van der Waals surface area contributed by atoms with Gasteiger partial charge in [0.05, 0.1) is 48.7 Å². The molecule has 2 aromatic rings. The monoisotopic (exact) mass is 626 g/mol. The lowest BCUT2D eigenvalue weighted by Gasteiger charge is -2.24. The van der Waals surface area contributed by atoms with Crippen molar-refractivity contribution in [1.29, 1.82) is 0 Å². The van der Waals surface area contributed by atoms with E-state index in [0.717, 1.165) is 11.5 Å². The van der Waals surface area contributed by atoms with Gasteiger partial charge in [-0.2, -0.15) is 0 Å². The molecule has 0 saturated carbocycles. The van der Waals surface area contributed by atoms with Crippen molar-refractivity contribution in [3.63, 3.8) is 0 Å². The summed E-state index contributed by atoms with van der Waals surface area (Å²) in [5.41, 5.74) is -0.155. The molecule has 0 spiro atoms. The van der Waals surface area contributed by atoms with Gasteiger partial charge in [0.25, 0.3) is 0 Å². The molecule has 234 valence electrons. The van der Waals surface area contributed by atoms with Gasteiger partial charge in [0, 0.05) is 11.5 Å². The molecule has 0 saturated heterocycles. The quantitative estimate of drug-likeness (QED) is 0.190. The average Bonchev–Trinajstić information content (AvgIpc) is 2.90. The van der Waals surface area contributed by atoms with E-state index in [1.54, 1.807) is 0 Å². The number of carbonyl (C=O) groups is 4. The van der Waals surface area contributed by atoms with E-state index in [-0.39, 0.29) is 48.7 Å². The zero-order valence-corrected chi connectivity index (χ0v) is 26.7. The van der Waals surface area contributed by atoms with Gasteiger partial charge in [-0.05, 0) is 72.9 Å². The summed E-state index contributed by atoms with van der Waals surface area (Å²) in [5, 5.41) is 19.4. The Morgan fingerprint density at radius 1 is 0.548 bits per heavy atom. The van der Waals surface area contributed by atoms with Crippen LogP contribution in [0, 0.1) is 0 Å². The molecule has 2 N–H and O–H groups in total. The van der Waals surface area contributed by atoms with Crippen LogP contribution in [0.2, 0.25) is 0 Å². The van der Waals surface area contributed by atoms with Crippen molar-refractivity contribution in [2.75, 3.05) is 88.7 Å². The second kappa shape index (κ2) is 16.0. The summed E-state index contributed by atoms with van der Waals surface area (Å²) >= 11 is 0. The number of carbonyl (C=O) groups excluding carboxylic acids is 2. The zero-order chi connectivity index (χ0) is 31.5. The Hall–Kier alpha value is -3.06. The third kappa shape index (κ3) is 12.0. The lowest BCUT2D eigenvalue weighted by Crippen LogP contribution is -2.16. The van der Waals surface area contributed by atoms with Crippen LogP contribution in [0.3, 0.4) is 0 Å². The first kappa shape index (κ1) is 35.1. The minimum atomic E-state index is -1.34. The maximum Gasteiger partial charge on any atom is 0.339 e. The fourth-order valence-corrected chi connectivity index (χ4v) is 4.76. The summed E-state index contributed by atoms with van der Waals surface area (Å²) in [6.45, 7) is 1.38. The van der Waals surface area contributed by atoms with E-state index in [0.29, 0.717) is 24.3 Å². The third-order valence-electron chi connectivity index (χ3n) is 5.87. The Labute approximate surface area is 250 Å². The number of carboxylic acids is 2. The zero-order valence-electron chi connectivity index (χ0n) is 25.1. The predicted octanol–water partition coefficient (Wildman–Crippen LogP) is 4.48. The summed E-state index contributed by atoms with van der Waals surface area (Å²) in [7, 11) is -1.41. The van der Waals surface area contributed by atoms with Crippen molar-refractivity contribution in [2.24, 2.45) is 0 Å². The summed E-state index contributed by atoms with van der Waals surface area (Å²) in [6.07, 6.45) is 13.0. The Balaban J connectivity index is 2.14. The van der Waals surface area contributed by atoms with Crippen LogP contribution in [0.4, 0.5) is 0 Å². The molecule has 0 aliphatic rings. The molecule has 2 aromatic carbocycles. The van der Waals surface area contributed by atoms with Gasteiger partial charge in [-0.15, -0.1) is 0 Å². The first-order chi connectivity index (χ1) is 19.6. The van der Waals surface area contributed by atoms with Crippen LogP contribution in [0.5, 0.6) is 0 Å². The van der Waals surface area contributed by atoms with Gasteiger partial charge in [0.2, 0.25) is 0 Å². The lowest BCUT2D eigenvalue weighted by molar-refractivity contribution is 0.0329. The summed E-state index contributed by atoms with van der Waals surface area (Å²) in [6, 6.07) is 8.13. The highest BCUT2D eigenvalue weighted by Gasteiger charge is 2.22. The SMILES string of the molecule is CS(C)(C)CCOCCOC(=O)c1ccc(-c2ccc(C(=O)O)c(C(=O)OCCOCCS(C)(C)C)c2)cc1C(=O)O. The van der Waals surface area contributed by atoms with Crippen molar-refractivity contribution in [3.8, 4) is 11.1 Å². The molecule has 0 atom stereocenters. The van der Waals surface area contributed by atoms with Gasteiger partial charge in [-0.1, -0.05) is 12.1 Å². The Morgan fingerprint density at radius 3 is 1.38 bits per heavy atom. The fourth-order valence-electron chi connectivity index (χ4n) is 3.52. The molecule has 0 amide bonds. The first-order valence-corrected chi connectivity index (χ1v) is 19.2. The van der Waals surface area contributed by atoms with E-state index in [1.165, 1.54) is 36.4 Å². The van der Waals surface area contributed by atoms with E-state index in [2.05, 4.69) is 37.5 Å². The van der Waals surface area contributed by atoms with Crippen molar-refractivity contribution < 1.29 is 48.3 Å². The van der Waals surface area contributed by atoms with Gasteiger partial charge in [-0.25, -0.2) is 39.2 Å². The van der Waals surface area contributed by atoms with Gasteiger partial charge in [-0.3, -0.25) is 0 Å². The minimum Gasteiger partial charge on any atom is -0.478 e. The molecule has 12 heteroatoms. The molecular weight excluding hydrogens is 584 g/mol. The number of hydrogen-bond donors (Lipinski definition) is 2. The normalized spacial score (nSPS) is 12.4. The van der Waals surface area contributed by atoms with Crippen LogP contribution in [-0.2, 0) is 18.9 Å². The van der Waals surface area contributed by atoms with E-state index >= 15 is 0 Å². The Bertz CT molecular complexity index is 1260. The molecule has 0 radical (unpaired) electrons. The van der Waals surface area contributed by atoms with E-state index < -0.39 is 43.9 Å².